The number of carbonyl (C=O) groups is 1. The maximum Gasteiger partial charge on any atom is 0.270 e. The summed E-state index contributed by atoms with van der Waals surface area (Å²) < 4.78 is 0. The predicted octanol–water partition coefficient (Wildman–Crippen LogP) is 2.81. The number of aryl methyl sites for hydroxylation is 1. The van der Waals surface area contributed by atoms with Gasteiger partial charge in [0, 0.05) is 42.5 Å². The Labute approximate surface area is 128 Å². The van der Waals surface area contributed by atoms with Crippen molar-refractivity contribution < 1.29 is 4.79 Å². The number of carbonyl (C=O) groups excluding carboxylic acids is 1. The molecule has 0 aliphatic heterocycles. The van der Waals surface area contributed by atoms with Gasteiger partial charge in [-0.2, -0.15) is 0 Å². The van der Waals surface area contributed by atoms with Crippen LogP contribution in [-0.4, -0.2) is 29.0 Å². The summed E-state index contributed by atoms with van der Waals surface area (Å²) in [5.74, 6) is 0.235. The molecule has 6 heteroatoms. The van der Waals surface area contributed by atoms with Crippen molar-refractivity contribution in [1.29, 1.82) is 0 Å². The van der Waals surface area contributed by atoms with Gasteiger partial charge < -0.3 is 10.6 Å². The number of nitrogens with one attached hydrogen (secondary N) is 2. The SMILES string of the molecule is Cc1cnccc1NCCNC(=O)c1csc(C(C)C)n1. The lowest BCUT2D eigenvalue weighted by Gasteiger charge is -2.09. The van der Waals surface area contributed by atoms with Crippen LogP contribution in [-0.2, 0) is 0 Å². The fraction of sp³-hybridized carbons (Fsp3) is 0.400. The van der Waals surface area contributed by atoms with E-state index in [1.165, 1.54) is 11.3 Å². The van der Waals surface area contributed by atoms with E-state index in [4.69, 9.17) is 0 Å². The van der Waals surface area contributed by atoms with Gasteiger partial charge in [-0.3, -0.25) is 9.78 Å². The summed E-state index contributed by atoms with van der Waals surface area (Å²) in [7, 11) is 0. The molecule has 2 N–H and O–H groups in total. The Morgan fingerprint density at radius 3 is 2.86 bits per heavy atom. The van der Waals surface area contributed by atoms with Crippen molar-refractivity contribution in [2.45, 2.75) is 26.7 Å². The minimum atomic E-state index is -0.119. The zero-order valence-corrected chi connectivity index (χ0v) is 13.3. The Morgan fingerprint density at radius 1 is 1.38 bits per heavy atom. The molecule has 21 heavy (non-hydrogen) atoms. The number of nitrogens with zero attached hydrogens (tertiary/aromatic N) is 2. The fourth-order valence-corrected chi connectivity index (χ4v) is 2.61. The number of rotatable bonds is 6. The Bertz CT molecular complexity index is 609. The molecule has 112 valence electrons. The number of thiazole rings is 1. The molecule has 0 spiro atoms. The Morgan fingerprint density at radius 2 is 2.19 bits per heavy atom. The normalized spacial score (nSPS) is 10.7. The van der Waals surface area contributed by atoms with Gasteiger partial charge >= 0.3 is 0 Å². The Kier molecular flexibility index (Phi) is 5.27. The molecule has 2 rings (SSSR count). The van der Waals surface area contributed by atoms with Gasteiger partial charge in [0.15, 0.2) is 0 Å². The number of pyridine rings is 1. The zero-order chi connectivity index (χ0) is 15.2. The molecule has 0 atom stereocenters. The standard InChI is InChI=1S/C15H20N4OS/c1-10(2)15-19-13(9-21-15)14(20)18-7-6-17-12-4-5-16-8-11(12)3/h4-5,8-10H,6-7H2,1-3H3,(H,16,17)(H,18,20). The molecule has 2 heterocycles. The second-order valence-corrected chi connectivity index (χ2v) is 5.99. The van der Waals surface area contributed by atoms with Gasteiger partial charge in [0.25, 0.3) is 5.91 Å². The maximum absolute atomic E-state index is 12.0. The molecule has 0 saturated carbocycles. The number of anilines is 1. The van der Waals surface area contributed by atoms with Crippen molar-refractivity contribution in [1.82, 2.24) is 15.3 Å². The molecule has 0 saturated heterocycles. The second kappa shape index (κ2) is 7.17. The summed E-state index contributed by atoms with van der Waals surface area (Å²) in [5.41, 5.74) is 2.63. The van der Waals surface area contributed by atoms with Crippen molar-refractivity contribution in [3.05, 3.63) is 40.1 Å². The first-order chi connectivity index (χ1) is 10.1. The van der Waals surface area contributed by atoms with Crippen LogP contribution < -0.4 is 10.6 Å². The van der Waals surface area contributed by atoms with Crippen LogP contribution in [0.5, 0.6) is 0 Å². The van der Waals surface area contributed by atoms with Crippen LogP contribution in [0.3, 0.4) is 0 Å². The molecule has 5 nitrogen and oxygen atoms in total. The van der Waals surface area contributed by atoms with Crippen LogP contribution in [0.15, 0.2) is 23.8 Å². The first-order valence-electron chi connectivity index (χ1n) is 6.96. The highest BCUT2D eigenvalue weighted by Crippen LogP contribution is 2.18. The molecule has 0 unspecified atom stereocenters. The second-order valence-electron chi connectivity index (χ2n) is 5.10. The third kappa shape index (κ3) is 4.26. The lowest BCUT2D eigenvalue weighted by Crippen LogP contribution is -2.29. The summed E-state index contributed by atoms with van der Waals surface area (Å²) in [6, 6.07) is 1.92. The van der Waals surface area contributed by atoms with Crippen LogP contribution in [0, 0.1) is 6.92 Å². The molecule has 0 aromatic carbocycles. The highest BCUT2D eigenvalue weighted by Gasteiger charge is 2.11. The largest absolute Gasteiger partial charge is 0.383 e. The van der Waals surface area contributed by atoms with Gasteiger partial charge in [0.05, 0.1) is 5.01 Å². The number of hydrogen-bond acceptors (Lipinski definition) is 5. The molecule has 0 fully saturated rings. The van der Waals surface area contributed by atoms with E-state index < -0.39 is 0 Å². The van der Waals surface area contributed by atoms with Gasteiger partial charge in [-0.1, -0.05) is 13.8 Å². The monoisotopic (exact) mass is 304 g/mol. The van der Waals surface area contributed by atoms with Gasteiger partial charge in [0.1, 0.15) is 5.69 Å². The third-order valence-electron chi connectivity index (χ3n) is 2.99. The first kappa shape index (κ1) is 15.4. The number of amides is 1. The van der Waals surface area contributed by atoms with E-state index in [0.29, 0.717) is 24.7 Å². The van der Waals surface area contributed by atoms with E-state index in [2.05, 4.69) is 34.4 Å². The zero-order valence-electron chi connectivity index (χ0n) is 12.5. The van der Waals surface area contributed by atoms with E-state index >= 15 is 0 Å². The smallest absolute Gasteiger partial charge is 0.270 e. The number of hydrogen-bond donors (Lipinski definition) is 2. The molecule has 2 aromatic heterocycles. The van der Waals surface area contributed by atoms with Crippen LogP contribution in [0.1, 0.15) is 40.8 Å². The van der Waals surface area contributed by atoms with Crippen LogP contribution in [0.25, 0.3) is 0 Å². The van der Waals surface area contributed by atoms with Crippen LogP contribution in [0.2, 0.25) is 0 Å². The van der Waals surface area contributed by atoms with E-state index in [0.717, 1.165) is 16.3 Å². The highest BCUT2D eigenvalue weighted by atomic mass is 32.1. The lowest BCUT2D eigenvalue weighted by molar-refractivity contribution is 0.0950. The summed E-state index contributed by atoms with van der Waals surface area (Å²) in [6.07, 6.45) is 3.56. The van der Waals surface area contributed by atoms with Crippen LogP contribution in [0.4, 0.5) is 5.69 Å². The molecule has 2 aromatic rings. The predicted molar refractivity (Wildman–Crippen MR) is 86.0 cm³/mol. The minimum absolute atomic E-state index is 0.119. The van der Waals surface area contributed by atoms with Gasteiger partial charge in [-0.15, -0.1) is 11.3 Å². The van der Waals surface area contributed by atoms with Crippen molar-refractivity contribution in [2.24, 2.45) is 0 Å². The highest BCUT2D eigenvalue weighted by molar-refractivity contribution is 7.09. The molecular weight excluding hydrogens is 284 g/mol. The summed E-state index contributed by atoms with van der Waals surface area (Å²) >= 11 is 1.53. The molecule has 0 aliphatic carbocycles. The van der Waals surface area contributed by atoms with Gasteiger partial charge in [-0.25, -0.2) is 4.98 Å². The lowest BCUT2D eigenvalue weighted by atomic mass is 10.2. The maximum atomic E-state index is 12.0. The first-order valence-corrected chi connectivity index (χ1v) is 7.84. The summed E-state index contributed by atoms with van der Waals surface area (Å²) in [4.78, 5) is 20.3. The fourth-order valence-electron chi connectivity index (χ4n) is 1.79. The van der Waals surface area contributed by atoms with E-state index in [1.807, 2.05) is 24.6 Å². The van der Waals surface area contributed by atoms with Gasteiger partial charge in [-0.05, 0) is 18.6 Å². The molecule has 0 bridgehead atoms. The Hall–Kier alpha value is -1.95. The molecule has 0 aliphatic rings. The molecule has 0 radical (unpaired) electrons. The minimum Gasteiger partial charge on any atom is -0.383 e. The van der Waals surface area contributed by atoms with Crippen molar-refractivity contribution in [2.75, 3.05) is 18.4 Å². The van der Waals surface area contributed by atoms with Crippen LogP contribution >= 0.6 is 11.3 Å². The van der Waals surface area contributed by atoms with Crippen molar-refractivity contribution >= 4 is 22.9 Å². The quantitative estimate of drug-likeness (QED) is 0.805. The Balaban J connectivity index is 1.78. The van der Waals surface area contributed by atoms with Crippen molar-refractivity contribution in [3.63, 3.8) is 0 Å². The molecule has 1 amide bonds. The summed E-state index contributed by atoms with van der Waals surface area (Å²) in [6.45, 7) is 7.35. The average Bonchev–Trinajstić information content (AvgIpc) is 2.95. The van der Waals surface area contributed by atoms with E-state index in [1.54, 1.807) is 6.20 Å². The van der Waals surface area contributed by atoms with E-state index in [-0.39, 0.29) is 5.91 Å². The topological polar surface area (TPSA) is 66.9 Å². The number of aromatic nitrogens is 2. The van der Waals surface area contributed by atoms with Gasteiger partial charge in [0.2, 0.25) is 0 Å². The summed E-state index contributed by atoms with van der Waals surface area (Å²) in [5, 5.41) is 8.94. The van der Waals surface area contributed by atoms with E-state index in [9.17, 15) is 4.79 Å². The molecular formula is C15H20N4OS. The van der Waals surface area contributed by atoms with Crippen molar-refractivity contribution in [3.8, 4) is 0 Å². The third-order valence-corrected chi connectivity index (χ3v) is 4.14. The average molecular weight is 304 g/mol.